The van der Waals surface area contributed by atoms with E-state index >= 15 is 0 Å². The SMILES string of the molecule is CN.CN.CN.Cn1cc(Br)c(-c2ccc3c(c2)C=CCN3)n1. The Hall–Kier alpha value is -1.67. The molecule has 2 heterocycles. The Morgan fingerprint density at radius 2 is 1.78 bits per heavy atom. The predicted octanol–water partition coefficient (Wildman–Crippen LogP) is 2.01. The van der Waals surface area contributed by atoms with Crippen molar-refractivity contribution in [2.45, 2.75) is 0 Å². The number of hydrogen-bond acceptors (Lipinski definition) is 5. The van der Waals surface area contributed by atoms with Crippen LogP contribution in [0.1, 0.15) is 5.56 Å². The van der Waals surface area contributed by atoms with Gasteiger partial charge in [-0.05, 0) is 54.8 Å². The molecule has 0 fully saturated rings. The highest BCUT2D eigenvalue weighted by atomic mass is 79.9. The highest BCUT2D eigenvalue weighted by Gasteiger charge is 2.10. The third-order valence-corrected chi connectivity index (χ3v) is 3.40. The normalized spacial score (nSPS) is 10.6. The maximum absolute atomic E-state index is 4.50. The molecule has 0 atom stereocenters. The molecule has 6 nitrogen and oxygen atoms in total. The monoisotopic (exact) mass is 382 g/mol. The molecule has 0 unspecified atom stereocenters. The lowest BCUT2D eigenvalue weighted by molar-refractivity contribution is 0.770. The molecule has 0 saturated heterocycles. The molecule has 23 heavy (non-hydrogen) atoms. The van der Waals surface area contributed by atoms with E-state index in [4.69, 9.17) is 0 Å². The molecule has 3 rings (SSSR count). The molecule has 2 aromatic rings. The van der Waals surface area contributed by atoms with Gasteiger partial charge in [0.1, 0.15) is 5.69 Å². The Balaban J connectivity index is 0.000000728. The van der Waals surface area contributed by atoms with Crippen LogP contribution in [0.4, 0.5) is 5.69 Å². The van der Waals surface area contributed by atoms with E-state index in [1.807, 2.05) is 17.9 Å². The minimum absolute atomic E-state index is 0.902. The van der Waals surface area contributed by atoms with Crippen LogP contribution < -0.4 is 22.5 Å². The number of nitrogens with one attached hydrogen (secondary N) is 1. The number of hydrogen-bond donors (Lipinski definition) is 4. The predicted molar refractivity (Wildman–Crippen MR) is 104 cm³/mol. The second-order valence-corrected chi connectivity index (χ2v) is 4.94. The molecule has 7 N–H and O–H groups in total. The number of nitrogens with zero attached hydrogens (tertiary/aromatic N) is 2. The van der Waals surface area contributed by atoms with E-state index in [9.17, 15) is 0 Å². The quantitative estimate of drug-likeness (QED) is 0.603. The second kappa shape index (κ2) is 11.8. The molecule has 1 aliphatic heterocycles. The fraction of sp³-hybridized carbons (Fsp3) is 0.312. The van der Waals surface area contributed by atoms with E-state index in [-0.39, 0.29) is 0 Å². The van der Waals surface area contributed by atoms with Crippen molar-refractivity contribution in [3.05, 3.63) is 40.5 Å². The van der Waals surface area contributed by atoms with Crippen molar-refractivity contribution in [1.29, 1.82) is 0 Å². The molecule has 0 bridgehead atoms. The molecule has 1 aliphatic rings. The van der Waals surface area contributed by atoms with Crippen molar-refractivity contribution < 1.29 is 0 Å². The summed E-state index contributed by atoms with van der Waals surface area (Å²) in [7, 11) is 6.42. The average molecular weight is 383 g/mol. The van der Waals surface area contributed by atoms with Crippen LogP contribution in [0, 0.1) is 0 Å². The van der Waals surface area contributed by atoms with E-state index in [2.05, 4.69) is 73.9 Å². The second-order valence-electron chi connectivity index (χ2n) is 4.08. The first-order valence-corrected chi connectivity index (χ1v) is 8.00. The average Bonchev–Trinajstić information content (AvgIpc) is 2.98. The Kier molecular flexibility index (Phi) is 11.0. The van der Waals surface area contributed by atoms with Crippen molar-refractivity contribution in [3.63, 3.8) is 0 Å². The van der Waals surface area contributed by atoms with Gasteiger partial charge in [0.2, 0.25) is 0 Å². The van der Waals surface area contributed by atoms with Gasteiger partial charge in [-0.1, -0.05) is 18.2 Å². The molecular formula is C16H27BrN6. The van der Waals surface area contributed by atoms with Crippen molar-refractivity contribution in [1.82, 2.24) is 9.78 Å². The van der Waals surface area contributed by atoms with Gasteiger partial charge in [-0.2, -0.15) is 5.10 Å². The Morgan fingerprint density at radius 1 is 1.13 bits per heavy atom. The number of anilines is 1. The lowest BCUT2D eigenvalue weighted by Gasteiger charge is -2.13. The van der Waals surface area contributed by atoms with Gasteiger partial charge in [-0.15, -0.1) is 0 Å². The van der Waals surface area contributed by atoms with E-state index in [1.165, 1.54) is 32.4 Å². The molecule has 128 valence electrons. The summed E-state index contributed by atoms with van der Waals surface area (Å²) < 4.78 is 2.83. The summed E-state index contributed by atoms with van der Waals surface area (Å²) in [4.78, 5) is 0. The van der Waals surface area contributed by atoms with Gasteiger partial charge in [0, 0.05) is 31.0 Å². The Morgan fingerprint density at radius 3 is 2.35 bits per heavy atom. The standard InChI is InChI=1S/C13H12BrN3.3CH5N/c1-17-8-11(14)13(16-17)10-4-5-12-9(7-10)3-2-6-15-12;3*1-2/h2-5,7-8,15H,6H2,1H3;3*2H2,1H3. The van der Waals surface area contributed by atoms with Crippen molar-refractivity contribution >= 4 is 27.7 Å². The number of halogens is 1. The van der Waals surface area contributed by atoms with Crippen molar-refractivity contribution in [3.8, 4) is 11.3 Å². The Labute approximate surface area is 146 Å². The maximum atomic E-state index is 4.50. The molecule has 0 amide bonds. The summed E-state index contributed by atoms with van der Waals surface area (Å²) in [6.07, 6.45) is 6.23. The number of aromatic nitrogens is 2. The van der Waals surface area contributed by atoms with Gasteiger partial charge in [0.25, 0.3) is 0 Å². The third kappa shape index (κ3) is 5.80. The molecule has 0 spiro atoms. The maximum Gasteiger partial charge on any atom is 0.106 e. The molecular weight excluding hydrogens is 356 g/mol. The highest BCUT2D eigenvalue weighted by Crippen LogP contribution is 2.30. The van der Waals surface area contributed by atoms with Crippen molar-refractivity contribution in [2.75, 3.05) is 33.0 Å². The summed E-state index contributed by atoms with van der Waals surface area (Å²) in [6, 6.07) is 6.36. The van der Waals surface area contributed by atoms with Crippen LogP contribution in [-0.4, -0.2) is 37.5 Å². The number of fused-ring (bicyclic) bond motifs is 1. The van der Waals surface area contributed by atoms with E-state index in [0.29, 0.717) is 0 Å². The van der Waals surface area contributed by atoms with Crippen LogP contribution in [-0.2, 0) is 7.05 Å². The molecule has 1 aromatic heterocycles. The molecule has 0 aliphatic carbocycles. The van der Waals surface area contributed by atoms with Crippen LogP contribution in [0.2, 0.25) is 0 Å². The van der Waals surface area contributed by atoms with Gasteiger partial charge in [0.05, 0.1) is 4.47 Å². The fourth-order valence-corrected chi connectivity index (χ4v) is 2.62. The van der Waals surface area contributed by atoms with Crippen LogP contribution >= 0.6 is 15.9 Å². The first-order valence-electron chi connectivity index (χ1n) is 7.21. The van der Waals surface area contributed by atoms with E-state index in [0.717, 1.165) is 22.3 Å². The Bertz CT molecular complexity index is 607. The van der Waals surface area contributed by atoms with Crippen LogP contribution in [0.3, 0.4) is 0 Å². The van der Waals surface area contributed by atoms with Crippen LogP contribution in [0.5, 0.6) is 0 Å². The van der Waals surface area contributed by atoms with Crippen LogP contribution in [0.25, 0.3) is 17.3 Å². The van der Waals surface area contributed by atoms with Gasteiger partial charge < -0.3 is 22.5 Å². The summed E-state index contributed by atoms with van der Waals surface area (Å²) >= 11 is 3.53. The number of aryl methyl sites for hydroxylation is 1. The zero-order valence-electron chi connectivity index (χ0n) is 14.2. The van der Waals surface area contributed by atoms with Crippen LogP contribution in [0.15, 0.2) is 34.9 Å². The number of benzene rings is 1. The first-order chi connectivity index (χ1) is 11.2. The molecule has 0 saturated carbocycles. The largest absolute Gasteiger partial charge is 0.381 e. The van der Waals surface area contributed by atoms with Gasteiger partial charge in [-0.3, -0.25) is 4.68 Å². The lowest BCUT2D eigenvalue weighted by Crippen LogP contribution is -2.04. The van der Waals surface area contributed by atoms with Crippen molar-refractivity contribution in [2.24, 2.45) is 24.2 Å². The smallest absolute Gasteiger partial charge is 0.106 e. The summed E-state index contributed by atoms with van der Waals surface area (Å²) in [5, 5.41) is 7.79. The minimum Gasteiger partial charge on any atom is -0.381 e. The number of nitrogens with two attached hydrogens (primary N) is 3. The van der Waals surface area contributed by atoms with E-state index < -0.39 is 0 Å². The fourth-order valence-electron chi connectivity index (χ4n) is 2.02. The van der Waals surface area contributed by atoms with Gasteiger partial charge in [0.15, 0.2) is 0 Å². The minimum atomic E-state index is 0.902. The molecule has 1 aromatic carbocycles. The van der Waals surface area contributed by atoms with Gasteiger partial charge in [-0.25, -0.2) is 0 Å². The van der Waals surface area contributed by atoms with E-state index in [1.54, 1.807) is 0 Å². The highest BCUT2D eigenvalue weighted by molar-refractivity contribution is 9.10. The molecule has 0 radical (unpaired) electrons. The first kappa shape index (κ1) is 21.3. The number of rotatable bonds is 1. The summed E-state index contributed by atoms with van der Waals surface area (Å²) in [5.41, 5.74) is 18.0. The zero-order valence-corrected chi connectivity index (χ0v) is 15.8. The summed E-state index contributed by atoms with van der Waals surface area (Å²) in [6.45, 7) is 0.902. The van der Waals surface area contributed by atoms with Gasteiger partial charge >= 0.3 is 0 Å². The third-order valence-electron chi connectivity index (χ3n) is 2.82. The lowest BCUT2D eigenvalue weighted by atomic mass is 10.0. The molecule has 7 heteroatoms. The zero-order chi connectivity index (χ0) is 17.8. The summed E-state index contributed by atoms with van der Waals surface area (Å²) in [5.74, 6) is 0. The topological polar surface area (TPSA) is 108 Å².